The predicted octanol–water partition coefficient (Wildman–Crippen LogP) is 5.29. The maximum absolute atomic E-state index is 12.9. The molecule has 0 aliphatic carbocycles. The molecule has 4 rings (SSSR count). The molecule has 1 unspecified atom stereocenters. The van der Waals surface area contributed by atoms with Crippen LogP contribution in [0.25, 0.3) is 11.3 Å². The second-order valence-corrected chi connectivity index (χ2v) is 6.99. The average Bonchev–Trinajstić information content (AvgIpc) is 3.38. The van der Waals surface area contributed by atoms with Gasteiger partial charge in [0.25, 0.3) is 5.91 Å². The van der Waals surface area contributed by atoms with E-state index in [9.17, 15) is 18.0 Å². The number of anilines is 1. The van der Waals surface area contributed by atoms with Crippen LogP contribution in [0.15, 0.2) is 71.1 Å². The van der Waals surface area contributed by atoms with Crippen LogP contribution >= 0.6 is 0 Å². The van der Waals surface area contributed by atoms with Crippen molar-refractivity contribution in [1.82, 2.24) is 4.90 Å². The van der Waals surface area contributed by atoms with Gasteiger partial charge in [-0.3, -0.25) is 4.79 Å². The second-order valence-electron chi connectivity index (χ2n) is 6.99. The molecule has 1 aliphatic rings. The standard InChI is InChI=1S/C22H19F3N2O2/c23-22(24,25)16-6-4-5-15(13-16)19-9-10-20(29-19)21(28)27-12-11-18(14-27)26-17-7-2-1-3-8-17/h1-10,13,18,26H,11-12,14H2. The van der Waals surface area contributed by atoms with Gasteiger partial charge in [0, 0.05) is 30.4 Å². The summed E-state index contributed by atoms with van der Waals surface area (Å²) in [5.74, 6) is 0.0935. The first-order valence-corrected chi connectivity index (χ1v) is 9.28. The van der Waals surface area contributed by atoms with Gasteiger partial charge in [-0.15, -0.1) is 0 Å². The molecule has 3 aromatic rings. The Hall–Kier alpha value is -3.22. The number of carbonyl (C=O) groups is 1. The van der Waals surface area contributed by atoms with Crippen molar-refractivity contribution in [2.24, 2.45) is 0 Å². The van der Waals surface area contributed by atoms with Gasteiger partial charge in [0.1, 0.15) is 5.76 Å². The Morgan fingerprint density at radius 3 is 2.59 bits per heavy atom. The number of hydrogen-bond donors (Lipinski definition) is 1. The Kier molecular flexibility index (Phi) is 5.05. The minimum atomic E-state index is -4.43. The summed E-state index contributed by atoms with van der Waals surface area (Å²) in [4.78, 5) is 14.4. The van der Waals surface area contributed by atoms with Crippen LogP contribution in [0.3, 0.4) is 0 Å². The fraction of sp³-hybridized carbons (Fsp3) is 0.227. The summed E-state index contributed by atoms with van der Waals surface area (Å²) in [6.07, 6.45) is -3.63. The summed E-state index contributed by atoms with van der Waals surface area (Å²) in [5, 5.41) is 3.40. The molecule has 150 valence electrons. The molecule has 1 fully saturated rings. The highest BCUT2D eigenvalue weighted by Gasteiger charge is 2.31. The summed E-state index contributed by atoms with van der Waals surface area (Å²) in [6.45, 7) is 1.12. The Balaban J connectivity index is 1.44. The highest BCUT2D eigenvalue weighted by Crippen LogP contribution is 2.33. The van der Waals surface area contributed by atoms with Crippen LogP contribution < -0.4 is 5.32 Å². The molecule has 0 bridgehead atoms. The van der Waals surface area contributed by atoms with E-state index in [1.807, 2.05) is 30.3 Å². The molecule has 0 saturated carbocycles. The quantitative estimate of drug-likeness (QED) is 0.647. The molecule has 1 saturated heterocycles. The van der Waals surface area contributed by atoms with Crippen molar-refractivity contribution in [3.63, 3.8) is 0 Å². The van der Waals surface area contributed by atoms with Crippen LogP contribution in [-0.4, -0.2) is 29.9 Å². The molecule has 2 heterocycles. The van der Waals surface area contributed by atoms with Gasteiger partial charge in [0.15, 0.2) is 5.76 Å². The van der Waals surface area contributed by atoms with E-state index in [0.29, 0.717) is 13.1 Å². The molecule has 1 atom stereocenters. The maximum Gasteiger partial charge on any atom is 0.416 e. The molecule has 2 aromatic carbocycles. The van der Waals surface area contributed by atoms with Crippen LogP contribution in [0.5, 0.6) is 0 Å². The van der Waals surface area contributed by atoms with Crippen molar-refractivity contribution in [3.05, 3.63) is 78.1 Å². The highest BCUT2D eigenvalue weighted by molar-refractivity contribution is 5.92. The SMILES string of the molecule is O=C(c1ccc(-c2cccc(C(F)(F)F)c2)o1)N1CCC(Nc2ccccc2)C1. The fourth-order valence-electron chi connectivity index (χ4n) is 3.45. The third-order valence-corrected chi connectivity index (χ3v) is 4.91. The van der Waals surface area contributed by atoms with Gasteiger partial charge in [-0.2, -0.15) is 13.2 Å². The van der Waals surface area contributed by atoms with E-state index < -0.39 is 11.7 Å². The Labute approximate surface area is 165 Å². The zero-order valence-electron chi connectivity index (χ0n) is 15.4. The van der Waals surface area contributed by atoms with E-state index in [1.165, 1.54) is 24.3 Å². The van der Waals surface area contributed by atoms with E-state index in [-0.39, 0.29) is 29.0 Å². The minimum absolute atomic E-state index is 0.123. The molecular weight excluding hydrogens is 381 g/mol. The van der Waals surface area contributed by atoms with Crippen LogP contribution in [0.4, 0.5) is 18.9 Å². The fourth-order valence-corrected chi connectivity index (χ4v) is 3.45. The van der Waals surface area contributed by atoms with Crippen molar-refractivity contribution in [2.75, 3.05) is 18.4 Å². The van der Waals surface area contributed by atoms with Crippen LogP contribution in [0.2, 0.25) is 0 Å². The first-order valence-electron chi connectivity index (χ1n) is 9.28. The lowest BCUT2D eigenvalue weighted by Gasteiger charge is -2.16. The van der Waals surface area contributed by atoms with Crippen molar-refractivity contribution < 1.29 is 22.4 Å². The Morgan fingerprint density at radius 2 is 1.83 bits per heavy atom. The number of halogens is 3. The number of carbonyl (C=O) groups excluding carboxylic acids is 1. The Morgan fingerprint density at radius 1 is 1.03 bits per heavy atom. The van der Waals surface area contributed by atoms with Gasteiger partial charge >= 0.3 is 6.18 Å². The summed E-state index contributed by atoms with van der Waals surface area (Å²) >= 11 is 0. The summed E-state index contributed by atoms with van der Waals surface area (Å²) in [7, 11) is 0. The monoisotopic (exact) mass is 400 g/mol. The van der Waals surface area contributed by atoms with Crippen molar-refractivity contribution in [1.29, 1.82) is 0 Å². The molecule has 29 heavy (non-hydrogen) atoms. The average molecular weight is 400 g/mol. The molecule has 1 aliphatic heterocycles. The van der Waals surface area contributed by atoms with Crippen LogP contribution in [0, 0.1) is 0 Å². The molecule has 1 N–H and O–H groups in total. The number of para-hydroxylation sites is 1. The number of hydrogen-bond acceptors (Lipinski definition) is 3. The summed E-state index contributed by atoms with van der Waals surface area (Å²) < 4.78 is 44.3. The highest BCUT2D eigenvalue weighted by atomic mass is 19.4. The largest absolute Gasteiger partial charge is 0.451 e. The van der Waals surface area contributed by atoms with Crippen LogP contribution in [-0.2, 0) is 6.18 Å². The number of likely N-dealkylation sites (tertiary alicyclic amines) is 1. The van der Waals surface area contributed by atoms with E-state index in [2.05, 4.69) is 5.32 Å². The topological polar surface area (TPSA) is 45.5 Å². The zero-order chi connectivity index (χ0) is 20.4. The third kappa shape index (κ3) is 4.29. The Bertz CT molecular complexity index is 999. The van der Waals surface area contributed by atoms with E-state index in [0.717, 1.165) is 24.2 Å². The number of nitrogens with zero attached hydrogens (tertiary/aromatic N) is 1. The molecular formula is C22H19F3N2O2. The maximum atomic E-state index is 12.9. The number of amides is 1. The molecule has 4 nitrogen and oxygen atoms in total. The summed E-state index contributed by atoms with van der Waals surface area (Å²) in [5.41, 5.74) is 0.522. The van der Waals surface area contributed by atoms with E-state index in [4.69, 9.17) is 4.42 Å². The number of alkyl halides is 3. The number of furan rings is 1. The van der Waals surface area contributed by atoms with Gasteiger partial charge in [0.05, 0.1) is 5.56 Å². The molecule has 1 amide bonds. The second kappa shape index (κ2) is 7.66. The van der Waals surface area contributed by atoms with Crippen molar-refractivity contribution >= 4 is 11.6 Å². The molecule has 1 aromatic heterocycles. The number of nitrogens with one attached hydrogen (secondary N) is 1. The molecule has 0 spiro atoms. The molecule has 0 radical (unpaired) electrons. The first-order chi connectivity index (χ1) is 13.9. The smallest absolute Gasteiger partial charge is 0.416 e. The molecule has 7 heteroatoms. The van der Waals surface area contributed by atoms with E-state index >= 15 is 0 Å². The number of rotatable bonds is 4. The summed E-state index contributed by atoms with van der Waals surface area (Å²) in [6, 6.07) is 17.8. The van der Waals surface area contributed by atoms with Gasteiger partial charge in [0.2, 0.25) is 0 Å². The zero-order valence-corrected chi connectivity index (χ0v) is 15.4. The van der Waals surface area contributed by atoms with Gasteiger partial charge in [-0.25, -0.2) is 0 Å². The number of benzene rings is 2. The third-order valence-electron chi connectivity index (χ3n) is 4.91. The lowest BCUT2D eigenvalue weighted by Crippen LogP contribution is -2.31. The first kappa shape index (κ1) is 19.1. The van der Waals surface area contributed by atoms with Gasteiger partial charge < -0.3 is 14.6 Å². The van der Waals surface area contributed by atoms with E-state index in [1.54, 1.807) is 4.90 Å². The lowest BCUT2D eigenvalue weighted by molar-refractivity contribution is -0.137. The lowest BCUT2D eigenvalue weighted by atomic mass is 10.1. The van der Waals surface area contributed by atoms with Crippen LogP contribution in [0.1, 0.15) is 22.5 Å². The van der Waals surface area contributed by atoms with Crippen molar-refractivity contribution in [3.8, 4) is 11.3 Å². The predicted molar refractivity (Wildman–Crippen MR) is 104 cm³/mol. The normalized spacial score (nSPS) is 16.8. The van der Waals surface area contributed by atoms with Gasteiger partial charge in [-0.05, 0) is 42.8 Å². The van der Waals surface area contributed by atoms with Crippen molar-refractivity contribution in [2.45, 2.75) is 18.6 Å². The van der Waals surface area contributed by atoms with Gasteiger partial charge in [-0.1, -0.05) is 30.3 Å². The minimum Gasteiger partial charge on any atom is -0.451 e.